The van der Waals surface area contributed by atoms with Crippen LogP contribution in [0, 0.1) is 0 Å². The van der Waals surface area contributed by atoms with Crippen LogP contribution in [0.4, 0.5) is 0 Å². The smallest absolute Gasteiger partial charge is 0.322 e. The summed E-state index contributed by atoms with van der Waals surface area (Å²) in [4.78, 5) is 21.7. The van der Waals surface area contributed by atoms with Gasteiger partial charge in [-0.1, -0.05) is 12.1 Å². The summed E-state index contributed by atoms with van der Waals surface area (Å²) < 4.78 is 0. The van der Waals surface area contributed by atoms with Crippen LogP contribution >= 0.6 is 11.8 Å². The molecule has 0 fully saturated rings. The summed E-state index contributed by atoms with van der Waals surface area (Å²) >= 11 is 1.70. The number of aliphatic carboxylic acids is 1. The zero-order valence-electron chi connectivity index (χ0n) is 8.90. The molecule has 0 aromatic heterocycles. The second-order valence-electron chi connectivity index (χ2n) is 3.21. The number of hydrogen-bond donors (Lipinski definition) is 2. The van der Waals surface area contributed by atoms with Gasteiger partial charge in [0, 0.05) is 11.3 Å². The average molecular weight is 239 g/mol. The van der Waals surface area contributed by atoms with Gasteiger partial charge in [0.25, 0.3) is 5.91 Å². The second-order valence-corrected chi connectivity index (χ2v) is 4.07. The van der Waals surface area contributed by atoms with Gasteiger partial charge in [-0.15, -0.1) is 0 Å². The van der Waals surface area contributed by atoms with Crippen molar-refractivity contribution in [1.29, 1.82) is 0 Å². The van der Waals surface area contributed by atoms with Crippen molar-refractivity contribution in [3.8, 4) is 0 Å². The van der Waals surface area contributed by atoms with E-state index < -0.39 is 5.97 Å². The quantitative estimate of drug-likeness (QED) is 0.814. The van der Waals surface area contributed by atoms with E-state index >= 15 is 0 Å². The van der Waals surface area contributed by atoms with Gasteiger partial charge in [-0.25, -0.2) is 0 Å². The van der Waals surface area contributed by atoms with Crippen molar-refractivity contribution in [2.45, 2.75) is 5.75 Å². The normalized spacial score (nSPS) is 9.81. The molecule has 0 bridgehead atoms. The van der Waals surface area contributed by atoms with E-state index in [4.69, 9.17) is 5.11 Å². The number of carboxylic acids is 1. The number of carboxylic acid groups (broad SMARTS) is 1. The van der Waals surface area contributed by atoms with Gasteiger partial charge in [-0.2, -0.15) is 11.8 Å². The van der Waals surface area contributed by atoms with Crippen molar-refractivity contribution in [1.82, 2.24) is 5.32 Å². The zero-order valence-corrected chi connectivity index (χ0v) is 9.71. The van der Waals surface area contributed by atoms with E-state index in [1.54, 1.807) is 23.9 Å². The largest absolute Gasteiger partial charge is 0.480 e. The molecule has 0 unspecified atom stereocenters. The van der Waals surface area contributed by atoms with Crippen molar-refractivity contribution >= 4 is 23.6 Å². The van der Waals surface area contributed by atoms with Gasteiger partial charge in [-0.05, 0) is 24.0 Å². The van der Waals surface area contributed by atoms with Crippen LogP contribution in [0.25, 0.3) is 0 Å². The van der Waals surface area contributed by atoms with E-state index in [1.807, 2.05) is 18.4 Å². The Morgan fingerprint density at radius 1 is 1.31 bits per heavy atom. The second kappa shape index (κ2) is 6.17. The fraction of sp³-hybridized carbons (Fsp3) is 0.273. The third kappa shape index (κ3) is 3.94. The molecule has 0 spiro atoms. The highest BCUT2D eigenvalue weighted by Gasteiger charge is 2.06. The summed E-state index contributed by atoms with van der Waals surface area (Å²) in [6.07, 6.45) is 2.01. The van der Waals surface area contributed by atoms with E-state index in [0.717, 1.165) is 11.3 Å². The van der Waals surface area contributed by atoms with Crippen LogP contribution in [0.3, 0.4) is 0 Å². The van der Waals surface area contributed by atoms with Gasteiger partial charge in [0.15, 0.2) is 0 Å². The van der Waals surface area contributed by atoms with Crippen LogP contribution in [-0.4, -0.2) is 29.8 Å². The van der Waals surface area contributed by atoms with Crippen LogP contribution in [-0.2, 0) is 10.5 Å². The number of hydrogen-bond acceptors (Lipinski definition) is 3. The van der Waals surface area contributed by atoms with Gasteiger partial charge < -0.3 is 10.4 Å². The van der Waals surface area contributed by atoms with Crippen molar-refractivity contribution in [2.75, 3.05) is 12.8 Å². The lowest BCUT2D eigenvalue weighted by molar-refractivity contribution is -0.135. The Morgan fingerprint density at radius 3 is 2.44 bits per heavy atom. The third-order valence-corrected chi connectivity index (χ3v) is 2.55. The van der Waals surface area contributed by atoms with Crippen LogP contribution < -0.4 is 5.32 Å². The lowest BCUT2D eigenvalue weighted by atomic mass is 10.1. The predicted molar refractivity (Wildman–Crippen MR) is 63.6 cm³/mol. The molecule has 1 aromatic rings. The van der Waals surface area contributed by atoms with Gasteiger partial charge in [-0.3, -0.25) is 9.59 Å². The molecular weight excluding hydrogens is 226 g/mol. The molecule has 1 amide bonds. The minimum Gasteiger partial charge on any atom is -0.480 e. The average Bonchev–Trinajstić information content (AvgIpc) is 2.27. The summed E-state index contributed by atoms with van der Waals surface area (Å²) in [6.45, 7) is -0.356. The van der Waals surface area contributed by atoms with Crippen molar-refractivity contribution in [3.63, 3.8) is 0 Å². The van der Waals surface area contributed by atoms with Crippen molar-refractivity contribution in [3.05, 3.63) is 35.4 Å². The Morgan fingerprint density at radius 2 is 1.94 bits per heavy atom. The minimum absolute atomic E-state index is 0.356. The van der Waals surface area contributed by atoms with Gasteiger partial charge in [0.05, 0.1) is 0 Å². The highest BCUT2D eigenvalue weighted by atomic mass is 32.2. The fourth-order valence-electron chi connectivity index (χ4n) is 1.18. The molecule has 0 radical (unpaired) electrons. The fourth-order valence-corrected chi connectivity index (χ4v) is 1.70. The summed E-state index contributed by atoms with van der Waals surface area (Å²) in [5.74, 6) is -0.512. The molecule has 0 atom stereocenters. The first-order valence-corrected chi connectivity index (χ1v) is 6.10. The SMILES string of the molecule is CSCc1ccc(C(=O)NCC(=O)O)cc1. The molecule has 16 heavy (non-hydrogen) atoms. The van der Waals surface area contributed by atoms with Gasteiger partial charge >= 0.3 is 5.97 Å². The Hall–Kier alpha value is -1.49. The maximum absolute atomic E-state index is 11.4. The van der Waals surface area contributed by atoms with Crippen molar-refractivity contribution < 1.29 is 14.7 Å². The molecule has 0 aliphatic rings. The lowest BCUT2D eigenvalue weighted by Crippen LogP contribution is -2.29. The van der Waals surface area contributed by atoms with Gasteiger partial charge in [0.1, 0.15) is 6.54 Å². The summed E-state index contributed by atoms with van der Waals surface area (Å²) in [5, 5.41) is 10.7. The molecule has 1 aromatic carbocycles. The Balaban J connectivity index is 2.59. The van der Waals surface area contributed by atoms with Gasteiger partial charge in [0.2, 0.25) is 0 Å². The number of carbonyl (C=O) groups is 2. The van der Waals surface area contributed by atoms with Crippen molar-refractivity contribution in [2.24, 2.45) is 0 Å². The standard InChI is InChI=1S/C11H13NO3S/c1-16-7-8-2-4-9(5-3-8)11(15)12-6-10(13)14/h2-5H,6-7H2,1H3,(H,12,15)(H,13,14). The molecule has 0 aliphatic heterocycles. The van der Waals surface area contributed by atoms with E-state index in [9.17, 15) is 9.59 Å². The topological polar surface area (TPSA) is 66.4 Å². The first-order valence-electron chi connectivity index (χ1n) is 4.71. The van der Waals surface area contributed by atoms with E-state index in [0.29, 0.717) is 5.56 Å². The molecule has 2 N–H and O–H groups in total. The van der Waals surface area contributed by atoms with Crippen LogP contribution in [0.1, 0.15) is 15.9 Å². The Labute approximate surface area is 98.0 Å². The monoisotopic (exact) mass is 239 g/mol. The number of thioether (sulfide) groups is 1. The third-order valence-electron chi connectivity index (χ3n) is 1.93. The molecule has 4 nitrogen and oxygen atoms in total. The van der Waals surface area contributed by atoms with Crippen LogP contribution in [0.5, 0.6) is 0 Å². The first kappa shape index (κ1) is 12.6. The highest BCUT2D eigenvalue weighted by molar-refractivity contribution is 7.97. The zero-order chi connectivity index (χ0) is 12.0. The maximum Gasteiger partial charge on any atom is 0.322 e. The number of rotatable bonds is 5. The number of nitrogens with one attached hydrogen (secondary N) is 1. The molecule has 5 heteroatoms. The molecule has 0 aliphatic carbocycles. The molecular formula is C11H13NO3S. The predicted octanol–water partition coefficient (Wildman–Crippen LogP) is 1.36. The number of amides is 1. The molecule has 0 saturated heterocycles. The summed E-state index contributed by atoms with van der Waals surface area (Å²) in [7, 11) is 0. The lowest BCUT2D eigenvalue weighted by Gasteiger charge is -2.03. The molecule has 86 valence electrons. The molecule has 1 rings (SSSR count). The highest BCUT2D eigenvalue weighted by Crippen LogP contribution is 2.10. The Bertz CT molecular complexity index is 375. The van der Waals surface area contributed by atoms with E-state index in [2.05, 4.69) is 5.32 Å². The number of carbonyl (C=O) groups excluding carboxylic acids is 1. The molecule has 0 saturated carbocycles. The van der Waals surface area contributed by atoms with E-state index in [1.165, 1.54) is 0 Å². The summed E-state index contributed by atoms with van der Waals surface area (Å²) in [5.41, 5.74) is 1.62. The van der Waals surface area contributed by atoms with Crippen LogP contribution in [0.15, 0.2) is 24.3 Å². The maximum atomic E-state index is 11.4. The minimum atomic E-state index is -1.05. The summed E-state index contributed by atoms with van der Waals surface area (Å²) in [6, 6.07) is 7.13. The number of benzene rings is 1. The first-order chi connectivity index (χ1) is 7.63. The van der Waals surface area contributed by atoms with E-state index in [-0.39, 0.29) is 12.5 Å². The Kier molecular flexibility index (Phi) is 4.85. The van der Waals surface area contributed by atoms with Crippen LogP contribution in [0.2, 0.25) is 0 Å². The molecule has 0 heterocycles.